The molecule has 1 aromatic heterocycles. The fourth-order valence-electron chi connectivity index (χ4n) is 6.05. The smallest absolute Gasteiger partial charge is 0.407 e. The predicted molar refractivity (Wildman–Crippen MR) is 164 cm³/mol. The molecule has 2 amide bonds. The molecule has 1 aliphatic carbocycles. The van der Waals surface area contributed by atoms with E-state index in [0.717, 1.165) is 48.4 Å². The van der Waals surface area contributed by atoms with E-state index in [1.54, 1.807) is 25.5 Å². The van der Waals surface area contributed by atoms with Crippen molar-refractivity contribution in [2.24, 2.45) is 11.3 Å². The highest BCUT2D eigenvalue weighted by Gasteiger charge is 2.45. The molecular formula is C33H43N3O7. The van der Waals surface area contributed by atoms with Gasteiger partial charge in [0, 0.05) is 29.0 Å². The highest BCUT2D eigenvalue weighted by molar-refractivity contribution is 5.91. The zero-order valence-corrected chi connectivity index (χ0v) is 25.3. The van der Waals surface area contributed by atoms with E-state index in [0.29, 0.717) is 18.1 Å². The Morgan fingerprint density at radius 1 is 1.21 bits per heavy atom. The number of aliphatic carboxylic acids is 1. The molecule has 43 heavy (non-hydrogen) atoms. The van der Waals surface area contributed by atoms with Crippen LogP contribution in [0.2, 0.25) is 0 Å². The van der Waals surface area contributed by atoms with Gasteiger partial charge >= 0.3 is 12.1 Å². The number of carbonyl (C=O) groups is 3. The van der Waals surface area contributed by atoms with Crippen molar-refractivity contribution in [3.63, 3.8) is 0 Å². The zero-order chi connectivity index (χ0) is 31.1. The number of alkyl carbamates (subject to hydrolysis) is 1. The van der Waals surface area contributed by atoms with Crippen molar-refractivity contribution in [2.45, 2.75) is 77.0 Å². The third kappa shape index (κ3) is 7.66. The number of hydrogen-bond donors (Lipinski definition) is 2. The maximum absolute atomic E-state index is 14.0. The summed E-state index contributed by atoms with van der Waals surface area (Å²) in [6.45, 7) is 11.7. The number of likely N-dealkylation sites (tertiary alicyclic amines) is 1. The minimum atomic E-state index is -1.12. The van der Waals surface area contributed by atoms with Crippen molar-refractivity contribution in [3.05, 3.63) is 49.2 Å². The van der Waals surface area contributed by atoms with E-state index >= 15 is 0 Å². The van der Waals surface area contributed by atoms with E-state index in [1.807, 2.05) is 32.0 Å². The molecule has 232 valence electrons. The molecule has 1 saturated carbocycles. The van der Waals surface area contributed by atoms with Crippen LogP contribution in [0.1, 0.15) is 64.4 Å². The van der Waals surface area contributed by atoms with Gasteiger partial charge in [-0.25, -0.2) is 14.6 Å². The van der Waals surface area contributed by atoms with E-state index in [-0.39, 0.29) is 30.9 Å². The van der Waals surface area contributed by atoms with Crippen molar-refractivity contribution in [1.82, 2.24) is 15.2 Å². The van der Waals surface area contributed by atoms with Gasteiger partial charge in [-0.1, -0.05) is 51.8 Å². The summed E-state index contributed by atoms with van der Waals surface area (Å²) in [4.78, 5) is 45.1. The first-order chi connectivity index (χ1) is 20.6. The molecule has 2 aliphatic rings. The fraction of sp³-hybridized carbons (Fsp3) is 0.515. The van der Waals surface area contributed by atoms with Crippen molar-refractivity contribution >= 4 is 34.8 Å². The summed E-state index contributed by atoms with van der Waals surface area (Å²) in [5.41, 5.74) is 0.463. The third-order valence-electron chi connectivity index (χ3n) is 8.36. The number of benzene rings is 1. The molecule has 0 radical (unpaired) electrons. The average molecular weight is 594 g/mol. The molecule has 1 aliphatic heterocycles. The number of rotatable bonds is 12. The molecule has 10 nitrogen and oxygen atoms in total. The molecule has 0 bridgehead atoms. The number of carbonyl (C=O) groups excluding carboxylic acids is 2. The third-order valence-corrected chi connectivity index (χ3v) is 8.36. The molecule has 2 N–H and O–H groups in total. The van der Waals surface area contributed by atoms with Gasteiger partial charge in [0.1, 0.15) is 23.9 Å². The first-order valence-corrected chi connectivity index (χ1v) is 14.9. The van der Waals surface area contributed by atoms with Crippen LogP contribution in [0.5, 0.6) is 11.6 Å². The van der Waals surface area contributed by atoms with Crippen LogP contribution in [0.3, 0.4) is 0 Å². The second-order valence-corrected chi connectivity index (χ2v) is 12.2. The summed E-state index contributed by atoms with van der Waals surface area (Å²) in [7, 11) is 1.59. The van der Waals surface area contributed by atoms with E-state index in [2.05, 4.69) is 23.5 Å². The van der Waals surface area contributed by atoms with Gasteiger partial charge in [-0.3, -0.25) is 4.79 Å². The number of aromatic nitrogens is 1. The largest absolute Gasteiger partial charge is 0.496 e. The van der Waals surface area contributed by atoms with Gasteiger partial charge in [-0.2, -0.15) is 0 Å². The second-order valence-electron chi connectivity index (χ2n) is 12.2. The Morgan fingerprint density at radius 2 is 1.95 bits per heavy atom. The molecule has 0 unspecified atom stereocenters. The predicted octanol–water partition coefficient (Wildman–Crippen LogP) is 5.60. The van der Waals surface area contributed by atoms with Crippen LogP contribution in [-0.4, -0.2) is 71.4 Å². The number of pyridine rings is 1. The summed E-state index contributed by atoms with van der Waals surface area (Å²) < 4.78 is 17.2. The van der Waals surface area contributed by atoms with Gasteiger partial charge in [-0.05, 0) is 48.8 Å². The van der Waals surface area contributed by atoms with Gasteiger partial charge < -0.3 is 29.5 Å². The van der Waals surface area contributed by atoms with E-state index in [9.17, 15) is 19.5 Å². The van der Waals surface area contributed by atoms with E-state index < -0.39 is 36.2 Å². The van der Waals surface area contributed by atoms with Crippen LogP contribution in [0.15, 0.2) is 43.6 Å². The molecule has 2 aromatic rings. The normalized spacial score (nSPS) is 19.8. The average Bonchev–Trinajstić information content (AvgIpc) is 3.42. The van der Waals surface area contributed by atoms with Crippen LogP contribution in [-0.2, 0) is 14.3 Å². The van der Waals surface area contributed by atoms with Crippen LogP contribution in [0.25, 0.3) is 16.8 Å². The van der Waals surface area contributed by atoms with Crippen LogP contribution in [0.4, 0.5) is 4.79 Å². The second kappa shape index (κ2) is 13.9. The Morgan fingerprint density at radius 3 is 2.60 bits per heavy atom. The standard InChI is InChI=1S/C33H43N3O7/c1-6-14-33(3,4)20-42-32(40)35-28(22-11-9-8-10-12-22)30(37)36-19-24(18-26(36)31(38)39)43-29-25-16-21(7-2)27(41-5)17-23(25)13-15-34-29/h6-7,13,15-17,22,24,26,28H,1-2,8-12,14,18-20H2,3-5H3,(H,35,40)(H,38,39)/t24-,26+,28+/m1/s1. The number of allylic oxidation sites excluding steroid dienone is 1. The van der Waals surface area contributed by atoms with Crippen LogP contribution < -0.4 is 14.8 Å². The minimum Gasteiger partial charge on any atom is -0.496 e. The zero-order valence-electron chi connectivity index (χ0n) is 25.3. The molecule has 2 fully saturated rings. The van der Waals surface area contributed by atoms with Crippen molar-refractivity contribution in [2.75, 3.05) is 20.3 Å². The lowest BCUT2D eigenvalue weighted by Crippen LogP contribution is -2.55. The Hall–Kier alpha value is -4.08. The van der Waals surface area contributed by atoms with Gasteiger partial charge in [0.25, 0.3) is 0 Å². The van der Waals surface area contributed by atoms with Gasteiger partial charge in [0.05, 0.1) is 20.3 Å². The summed E-state index contributed by atoms with van der Waals surface area (Å²) in [5.74, 6) is -0.680. The van der Waals surface area contributed by atoms with Crippen molar-refractivity contribution in [3.8, 4) is 11.6 Å². The molecule has 4 rings (SSSR count). The topological polar surface area (TPSA) is 127 Å². The first kappa shape index (κ1) is 31.8. The number of nitrogens with one attached hydrogen (secondary N) is 1. The van der Waals surface area contributed by atoms with Crippen LogP contribution in [0, 0.1) is 11.3 Å². The minimum absolute atomic E-state index is 0.0463. The number of amides is 2. The number of carboxylic acids is 1. The SMILES string of the molecule is C=CCC(C)(C)COC(=O)N[C@H](C(=O)N1C[C@H](Oc2nccc3cc(OC)c(C=C)cc23)C[C@H]1C(=O)O)C1CCCCC1. The lowest BCUT2D eigenvalue weighted by Gasteiger charge is -2.34. The Kier molecular flexibility index (Phi) is 10.3. The molecule has 3 atom stereocenters. The molecule has 0 spiro atoms. The molecular weight excluding hydrogens is 550 g/mol. The highest BCUT2D eigenvalue weighted by Crippen LogP contribution is 2.34. The number of fused-ring (bicyclic) bond motifs is 1. The molecule has 1 saturated heterocycles. The lowest BCUT2D eigenvalue weighted by molar-refractivity contribution is -0.149. The fourth-order valence-corrected chi connectivity index (χ4v) is 6.05. The summed E-state index contributed by atoms with van der Waals surface area (Å²) in [5, 5.41) is 14.5. The Labute approximate surface area is 253 Å². The van der Waals surface area contributed by atoms with Gasteiger partial charge in [-0.15, -0.1) is 6.58 Å². The van der Waals surface area contributed by atoms with E-state index in [1.165, 1.54) is 4.90 Å². The monoisotopic (exact) mass is 593 g/mol. The summed E-state index contributed by atoms with van der Waals surface area (Å²) in [6, 6.07) is 3.56. The highest BCUT2D eigenvalue weighted by atomic mass is 16.5. The number of nitrogens with zero attached hydrogens (tertiary/aromatic N) is 2. The number of ether oxygens (including phenoxy) is 3. The van der Waals surface area contributed by atoms with Crippen LogP contribution >= 0.6 is 0 Å². The van der Waals surface area contributed by atoms with E-state index in [4.69, 9.17) is 14.2 Å². The molecule has 2 heterocycles. The first-order valence-electron chi connectivity index (χ1n) is 14.9. The van der Waals surface area contributed by atoms with Gasteiger partial charge in [0.2, 0.25) is 11.8 Å². The molecule has 1 aromatic carbocycles. The maximum Gasteiger partial charge on any atom is 0.407 e. The lowest BCUT2D eigenvalue weighted by atomic mass is 9.83. The summed E-state index contributed by atoms with van der Waals surface area (Å²) >= 11 is 0. The quantitative estimate of drug-likeness (QED) is 0.305. The Balaban J connectivity index is 1.54. The number of hydrogen-bond acceptors (Lipinski definition) is 7. The van der Waals surface area contributed by atoms with Crippen molar-refractivity contribution < 1.29 is 33.7 Å². The van der Waals surface area contributed by atoms with Gasteiger partial charge in [0.15, 0.2) is 0 Å². The maximum atomic E-state index is 14.0. The number of carboxylic acid groups (broad SMARTS) is 1. The number of methoxy groups -OCH3 is 1. The van der Waals surface area contributed by atoms with Crippen molar-refractivity contribution in [1.29, 1.82) is 0 Å². The molecule has 10 heteroatoms. The summed E-state index contributed by atoms with van der Waals surface area (Å²) in [6.07, 6.45) is 8.98. The Bertz CT molecular complexity index is 1350.